The summed E-state index contributed by atoms with van der Waals surface area (Å²) in [6, 6.07) is 8.18. The third-order valence-corrected chi connectivity index (χ3v) is 5.52. The number of hydrogen-bond acceptors (Lipinski definition) is 5. The summed E-state index contributed by atoms with van der Waals surface area (Å²) in [7, 11) is -4.09. The number of carbonyl (C=O) groups is 1. The fraction of sp³-hybridized carbons (Fsp3) is 0.158. The van der Waals surface area contributed by atoms with Crippen molar-refractivity contribution in [2.45, 2.75) is 25.2 Å². The van der Waals surface area contributed by atoms with E-state index in [0.29, 0.717) is 28.8 Å². The first-order chi connectivity index (χ1) is 13.7. The van der Waals surface area contributed by atoms with Gasteiger partial charge in [0.2, 0.25) is 5.91 Å². The lowest BCUT2D eigenvalue weighted by Crippen LogP contribution is -2.15. The fourth-order valence-electron chi connectivity index (χ4n) is 2.60. The molecule has 1 heterocycles. The number of benzene rings is 2. The van der Waals surface area contributed by atoms with Crippen LogP contribution in [0.15, 0.2) is 51.9 Å². The second kappa shape index (κ2) is 8.00. The molecule has 7 nitrogen and oxygen atoms in total. The molecule has 3 aromatic rings. The van der Waals surface area contributed by atoms with Crippen molar-refractivity contribution in [3.63, 3.8) is 0 Å². The minimum absolute atomic E-state index is 0.0890. The van der Waals surface area contributed by atoms with Gasteiger partial charge in [-0.25, -0.2) is 17.2 Å². The van der Waals surface area contributed by atoms with Crippen LogP contribution in [-0.2, 0) is 21.2 Å². The summed E-state index contributed by atoms with van der Waals surface area (Å²) < 4.78 is 58.1. The number of amides is 1. The number of nitrogens with one attached hydrogen (secondary N) is 2. The van der Waals surface area contributed by atoms with Gasteiger partial charge in [-0.1, -0.05) is 5.16 Å². The van der Waals surface area contributed by atoms with Gasteiger partial charge in [0, 0.05) is 16.9 Å². The zero-order valence-electron chi connectivity index (χ0n) is 15.5. The molecule has 0 aliphatic heterocycles. The molecule has 10 heteroatoms. The zero-order valence-corrected chi connectivity index (χ0v) is 16.3. The molecule has 0 unspecified atom stereocenters. The Morgan fingerprint density at radius 1 is 1.03 bits per heavy atom. The molecule has 1 amide bonds. The molecule has 2 N–H and O–H groups in total. The van der Waals surface area contributed by atoms with E-state index < -0.39 is 26.6 Å². The highest BCUT2D eigenvalue weighted by Gasteiger charge is 2.17. The van der Waals surface area contributed by atoms with Crippen molar-refractivity contribution < 1.29 is 26.5 Å². The van der Waals surface area contributed by atoms with Gasteiger partial charge in [-0.3, -0.25) is 9.52 Å². The van der Waals surface area contributed by atoms with Gasteiger partial charge in [-0.15, -0.1) is 0 Å². The fourth-order valence-corrected chi connectivity index (χ4v) is 3.67. The molecule has 0 spiro atoms. The number of aromatic nitrogens is 1. The molecular weight excluding hydrogens is 404 g/mol. The van der Waals surface area contributed by atoms with Crippen LogP contribution in [0, 0.1) is 25.5 Å². The second-order valence-electron chi connectivity index (χ2n) is 6.29. The first-order valence-corrected chi connectivity index (χ1v) is 9.93. The van der Waals surface area contributed by atoms with E-state index in [1.165, 1.54) is 24.3 Å². The molecule has 0 fully saturated rings. The van der Waals surface area contributed by atoms with Crippen LogP contribution < -0.4 is 10.0 Å². The summed E-state index contributed by atoms with van der Waals surface area (Å²) in [6.45, 7) is 3.46. The first-order valence-electron chi connectivity index (χ1n) is 8.45. The Morgan fingerprint density at radius 2 is 1.69 bits per heavy atom. The van der Waals surface area contributed by atoms with Gasteiger partial charge in [-0.05, 0) is 56.3 Å². The van der Waals surface area contributed by atoms with Crippen LogP contribution in [0.3, 0.4) is 0 Å². The SMILES string of the molecule is Cc1noc(C)c1CC(=O)Nc1ccc(NS(=O)(=O)c2ccc(F)c(F)c2)cc1. The van der Waals surface area contributed by atoms with Gasteiger partial charge in [0.15, 0.2) is 11.6 Å². The number of rotatable bonds is 6. The zero-order chi connectivity index (χ0) is 21.2. The van der Waals surface area contributed by atoms with E-state index >= 15 is 0 Å². The van der Waals surface area contributed by atoms with Gasteiger partial charge in [0.25, 0.3) is 10.0 Å². The van der Waals surface area contributed by atoms with Crippen LogP contribution in [0.2, 0.25) is 0 Å². The molecular formula is C19H17F2N3O4S. The van der Waals surface area contributed by atoms with Crippen molar-refractivity contribution >= 4 is 27.3 Å². The third-order valence-electron chi connectivity index (χ3n) is 4.14. The minimum Gasteiger partial charge on any atom is -0.361 e. The summed E-state index contributed by atoms with van der Waals surface area (Å²) in [5.74, 6) is -2.11. The summed E-state index contributed by atoms with van der Waals surface area (Å²) in [4.78, 5) is 11.8. The Bertz CT molecular complexity index is 1140. The largest absolute Gasteiger partial charge is 0.361 e. The molecule has 0 radical (unpaired) electrons. The average Bonchev–Trinajstić information content (AvgIpc) is 2.97. The third kappa shape index (κ3) is 4.77. The molecule has 2 aromatic carbocycles. The summed E-state index contributed by atoms with van der Waals surface area (Å²) in [6.07, 6.45) is 0.0890. The second-order valence-corrected chi connectivity index (χ2v) is 7.97. The van der Waals surface area contributed by atoms with Gasteiger partial charge < -0.3 is 9.84 Å². The van der Waals surface area contributed by atoms with Crippen molar-refractivity contribution in [2.75, 3.05) is 10.0 Å². The van der Waals surface area contributed by atoms with Gasteiger partial charge in [0.1, 0.15) is 5.76 Å². The lowest BCUT2D eigenvalue weighted by Gasteiger charge is -2.10. The molecule has 0 saturated heterocycles. The first kappa shape index (κ1) is 20.5. The number of hydrogen-bond donors (Lipinski definition) is 2. The van der Waals surface area contributed by atoms with E-state index in [4.69, 9.17) is 4.52 Å². The molecule has 0 saturated carbocycles. The standard InChI is InChI=1S/C19H17F2N3O4S/c1-11-16(12(2)28-23-11)10-19(25)22-13-3-5-14(6-4-13)24-29(26,27)15-7-8-17(20)18(21)9-15/h3-9,24H,10H2,1-2H3,(H,22,25). The van der Waals surface area contributed by atoms with Crippen LogP contribution in [0.25, 0.3) is 0 Å². The number of nitrogens with zero attached hydrogens (tertiary/aromatic N) is 1. The maximum Gasteiger partial charge on any atom is 0.261 e. The lowest BCUT2D eigenvalue weighted by atomic mass is 10.1. The predicted octanol–water partition coefficient (Wildman–Crippen LogP) is 3.55. The number of sulfonamides is 1. The highest BCUT2D eigenvalue weighted by molar-refractivity contribution is 7.92. The van der Waals surface area contributed by atoms with Crippen LogP contribution in [0.5, 0.6) is 0 Å². The van der Waals surface area contributed by atoms with E-state index in [1.807, 2.05) is 0 Å². The molecule has 0 atom stereocenters. The van der Waals surface area contributed by atoms with Gasteiger partial charge in [0.05, 0.1) is 17.0 Å². The number of carbonyl (C=O) groups excluding carboxylic acids is 1. The highest BCUT2D eigenvalue weighted by atomic mass is 32.2. The van der Waals surface area contributed by atoms with Gasteiger partial charge in [-0.2, -0.15) is 0 Å². The van der Waals surface area contributed by atoms with Crippen LogP contribution in [0.1, 0.15) is 17.0 Å². The lowest BCUT2D eigenvalue weighted by molar-refractivity contribution is -0.115. The van der Waals surface area contributed by atoms with Crippen LogP contribution in [0.4, 0.5) is 20.2 Å². The predicted molar refractivity (Wildman–Crippen MR) is 102 cm³/mol. The van der Waals surface area contributed by atoms with Crippen molar-refractivity contribution in [1.82, 2.24) is 5.16 Å². The maximum atomic E-state index is 13.3. The van der Waals surface area contributed by atoms with E-state index in [9.17, 15) is 22.0 Å². The molecule has 1 aromatic heterocycles. The van der Waals surface area contributed by atoms with Crippen molar-refractivity contribution in [3.8, 4) is 0 Å². The Hall–Kier alpha value is -3.27. The molecule has 152 valence electrons. The quantitative estimate of drug-likeness (QED) is 0.634. The van der Waals surface area contributed by atoms with Crippen molar-refractivity contribution in [3.05, 3.63) is 71.1 Å². The molecule has 0 aliphatic carbocycles. The van der Waals surface area contributed by atoms with Crippen molar-refractivity contribution in [1.29, 1.82) is 0 Å². The Morgan fingerprint density at radius 3 is 2.28 bits per heavy atom. The van der Waals surface area contributed by atoms with E-state index in [-0.39, 0.29) is 18.0 Å². The summed E-state index contributed by atoms with van der Waals surface area (Å²) >= 11 is 0. The molecule has 0 bridgehead atoms. The Kier molecular flexibility index (Phi) is 5.64. The average molecular weight is 421 g/mol. The van der Waals surface area contributed by atoms with E-state index in [2.05, 4.69) is 15.2 Å². The summed E-state index contributed by atoms with van der Waals surface area (Å²) in [5.41, 5.74) is 1.99. The van der Waals surface area contributed by atoms with Crippen molar-refractivity contribution in [2.24, 2.45) is 0 Å². The Balaban J connectivity index is 1.66. The van der Waals surface area contributed by atoms with E-state index in [0.717, 1.165) is 12.1 Å². The molecule has 29 heavy (non-hydrogen) atoms. The molecule has 3 rings (SSSR count). The molecule has 0 aliphatic rings. The van der Waals surface area contributed by atoms with E-state index in [1.54, 1.807) is 13.8 Å². The van der Waals surface area contributed by atoms with Crippen LogP contribution >= 0.6 is 0 Å². The smallest absolute Gasteiger partial charge is 0.261 e. The summed E-state index contributed by atoms with van der Waals surface area (Å²) in [5, 5.41) is 6.49. The Labute approximate surface area is 165 Å². The minimum atomic E-state index is -4.09. The van der Waals surface area contributed by atoms with Crippen LogP contribution in [-0.4, -0.2) is 19.5 Å². The number of anilines is 2. The number of aryl methyl sites for hydroxylation is 2. The monoisotopic (exact) mass is 421 g/mol. The maximum absolute atomic E-state index is 13.3. The normalized spacial score (nSPS) is 11.3. The number of halogens is 2. The van der Waals surface area contributed by atoms with Gasteiger partial charge >= 0.3 is 0 Å². The highest BCUT2D eigenvalue weighted by Crippen LogP contribution is 2.20. The topological polar surface area (TPSA) is 101 Å².